The van der Waals surface area contributed by atoms with Crippen molar-refractivity contribution in [2.75, 3.05) is 0 Å². The van der Waals surface area contributed by atoms with E-state index in [0.29, 0.717) is 45.7 Å². The zero-order valence-electron chi connectivity index (χ0n) is 25.3. The molecule has 220 valence electrons. The lowest BCUT2D eigenvalue weighted by molar-refractivity contribution is 0.106. The normalized spacial score (nSPS) is 19.0. The molecular formula is C35H38O7. The lowest BCUT2D eigenvalue weighted by Gasteiger charge is -2.32. The van der Waals surface area contributed by atoms with Crippen LogP contribution in [0.25, 0.3) is 28.4 Å². The van der Waals surface area contributed by atoms with Crippen LogP contribution in [-0.2, 0) is 12.8 Å². The third-order valence-corrected chi connectivity index (χ3v) is 8.72. The van der Waals surface area contributed by atoms with Crippen LogP contribution in [0.3, 0.4) is 0 Å². The minimum absolute atomic E-state index is 0.102. The molecule has 42 heavy (non-hydrogen) atoms. The molecule has 0 radical (unpaired) electrons. The van der Waals surface area contributed by atoms with Gasteiger partial charge in [-0.3, -0.25) is 4.79 Å². The Kier molecular flexibility index (Phi) is 6.30. The first-order valence-electron chi connectivity index (χ1n) is 14.5. The van der Waals surface area contributed by atoms with Gasteiger partial charge in [0, 0.05) is 28.7 Å². The molecule has 7 heteroatoms. The van der Waals surface area contributed by atoms with Crippen molar-refractivity contribution in [1.82, 2.24) is 0 Å². The van der Waals surface area contributed by atoms with Gasteiger partial charge in [0.1, 0.15) is 39.6 Å². The monoisotopic (exact) mass is 570 g/mol. The van der Waals surface area contributed by atoms with Crippen molar-refractivity contribution in [3.05, 3.63) is 67.9 Å². The van der Waals surface area contributed by atoms with Crippen LogP contribution in [-0.4, -0.2) is 26.5 Å². The molecule has 3 N–H and O–H groups in total. The van der Waals surface area contributed by atoms with E-state index in [-0.39, 0.29) is 51.7 Å². The maximum absolute atomic E-state index is 14.3. The SMILES string of the molecule is CC(C)=CCCC(C)=CCc1c2c(c3oc4c(c(=O)c3c1O)CC1c3c(c(O)cc(O)c3-4)OC1(C)C)C=CC(C)(C)O2. The standard InChI is InChI=1S/C35H38O7/c1-17(2)9-8-10-18(3)11-12-19-28(38)27-29(39)21-15-22-25-26(23(36)16-24(37)33(25)42-35(22,6)7)32(21)40-31(27)20-13-14-34(4,5)41-30(19)20/h9,11,13-14,16,22,36-38H,8,10,12,15H2,1-7H3. The Morgan fingerprint density at radius 1 is 1.02 bits per heavy atom. The van der Waals surface area contributed by atoms with Gasteiger partial charge in [0.15, 0.2) is 22.5 Å². The number of phenols is 3. The highest BCUT2D eigenvalue weighted by molar-refractivity contribution is 5.97. The topological polar surface area (TPSA) is 109 Å². The number of hydrogen-bond acceptors (Lipinski definition) is 7. The van der Waals surface area contributed by atoms with E-state index >= 15 is 0 Å². The van der Waals surface area contributed by atoms with Gasteiger partial charge in [0.2, 0.25) is 0 Å². The Morgan fingerprint density at radius 2 is 1.76 bits per heavy atom. The van der Waals surface area contributed by atoms with E-state index in [1.807, 2.05) is 39.8 Å². The second kappa shape index (κ2) is 9.45. The summed E-state index contributed by atoms with van der Waals surface area (Å²) in [4.78, 5) is 14.3. The van der Waals surface area contributed by atoms with Crippen molar-refractivity contribution in [3.8, 4) is 40.1 Å². The number of fused-ring (bicyclic) bond motifs is 5. The fourth-order valence-corrected chi connectivity index (χ4v) is 6.46. The van der Waals surface area contributed by atoms with E-state index in [9.17, 15) is 20.1 Å². The predicted molar refractivity (Wildman–Crippen MR) is 164 cm³/mol. The average molecular weight is 571 g/mol. The molecule has 0 bridgehead atoms. The minimum atomic E-state index is -0.736. The van der Waals surface area contributed by atoms with Crippen LogP contribution in [0.15, 0.2) is 44.7 Å². The summed E-state index contributed by atoms with van der Waals surface area (Å²) in [5.41, 5.74) is 3.38. The molecule has 0 amide bonds. The van der Waals surface area contributed by atoms with Crippen LogP contribution < -0.4 is 14.9 Å². The van der Waals surface area contributed by atoms with Crippen LogP contribution in [0.2, 0.25) is 0 Å². The minimum Gasteiger partial charge on any atom is -0.507 e. The summed E-state index contributed by atoms with van der Waals surface area (Å²) in [6, 6.07) is 1.22. The van der Waals surface area contributed by atoms with Gasteiger partial charge in [-0.05, 0) is 86.3 Å². The number of benzene rings is 2. The van der Waals surface area contributed by atoms with Gasteiger partial charge in [0.25, 0.3) is 0 Å². The second-order valence-corrected chi connectivity index (χ2v) is 13.1. The maximum atomic E-state index is 14.3. The van der Waals surface area contributed by atoms with E-state index in [2.05, 4.69) is 32.9 Å². The van der Waals surface area contributed by atoms with Crippen molar-refractivity contribution in [2.45, 2.75) is 91.3 Å². The largest absolute Gasteiger partial charge is 0.507 e. The van der Waals surface area contributed by atoms with E-state index in [1.165, 1.54) is 17.2 Å². The lowest BCUT2D eigenvalue weighted by atomic mass is 9.74. The smallest absolute Gasteiger partial charge is 0.200 e. The highest BCUT2D eigenvalue weighted by Gasteiger charge is 2.49. The molecule has 3 aromatic rings. The zero-order valence-corrected chi connectivity index (χ0v) is 25.3. The van der Waals surface area contributed by atoms with E-state index in [0.717, 1.165) is 12.8 Å². The number of phenolic OH excluding ortho intramolecular Hbond substituents is 3. The Bertz CT molecular complexity index is 1810. The van der Waals surface area contributed by atoms with Gasteiger partial charge in [-0.1, -0.05) is 23.3 Å². The number of allylic oxidation sites excluding steroid dienone is 4. The maximum Gasteiger partial charge on any atom is 0.200 e. The first-order chi connectivity index (χ1) is 19.7. The van der Waals surface area contributed by atoms with E-state index in [4.69, 9.17) is 13.9 Å². The van der Waals surface area contributed by atoms with Gasteiger partial charge in [0.05, 0.1) is 11.1 Å². The Hall–Kier alpha value is -4.13. The molecule has 0 saturated heterocycles. The fourth-order valence-electron chi connectivity index (χ4n) is 6.46. The third kappa shape index (κ3) is 4.29. The molecule has 3 heterocycles. The molecule has 0 spiro atoms. The first-order valence-corrected chi connectivity index (χ1v) is 14.5. The van der Waals surface area contributed by atoms with Crippen molar-refractivity contribution in [1.29, 1.82) is 0 Å². The molecule has 1 aromatic heterocycles. The Balaban J connectivity index is 1.59. The molecule has 7 nitrogen and oxygen atoms in total. The van der Waals surface area contributed by atoms with Gasteiger partial charge >= 0.3 is 0 Å². The Labute approximate surface area is 245 Å². The summed E-state index contributed by atoms with van der Waals surface area (Å²) < 4.78 is 19.0. The van der Waals surface area contributed by atoms with Crippen molar-refractivity contribution >= 4 is 17.0 Å². The fraction of sp³-hybridized carbons (Fsp3) is 0.400. The molecule has 1 aliphatic carbocycles. The van der Waals surface area contributed by atoms with E-state index < -0.39 is 11.2 Å². The summed E-state index contributed by atoms with van der Waals surface area (Å²) in [5.74, 6) is 0.186. The molecular weight excluding hydrogens is 532 g/mol. The predicted octanol–water partition coefficient (Wildman–Crippen LogP) is 7.81. The molecule has 6 rings (SSSR count). The summed E-state index contributed by atoms with van der Waals surface area (Å²) in [5, 5.41) is 33.4. The molecule has 0 fully saturated rings. The van der Waals surface area contributed by atoms with Crippen molar-refractivity contribution in [3.63, 3.8) is 0 Å². The number of hydrogen-bond donors (Lipinski definition) is 3. The van der Waals surface area contributed by atoms with E-state index in [1.54, 1.807) is 0 Å². The summed E-state index contributed by atoms with van der Waals surface area (Å²) >= 11 is 0. The highest BCUT2D eigenvalue weighted by Crippen LogP contribution is 2.60. The Morgan fingerprint density at radius 3 is 2.48 bits per heavy atom. The van der Waals surface area contributed by atoms with Gasteiger partial charge in [-0.2, -0.15) is 0 Å². The molecule has 2 aliphatic heterocycles. The van der Waals surface area contributed by atoms with Crippen molar-refractivity contribution < 1.29 is 29.2 Å². The molecule has 3 aliphatic rings. The first kappa shape index (κ1) is 28.0. The number of rotatable bonds is 5. The zero-order chi connectivity index (χ0) is 30.3. The number of aromatic hydroxyl groups is 3. The molecule has 2 aromatic carbocycles. The molecule has 1 unspecified atom stereocenters. The van der Waals surface area contributed by atoms with Gasteiger partial charge in [-0.15, -0.1) is 0 Å². The highest BCUT2D eigenvalue weighted by atomic mass is 16.5. The quantitative estimate of drug-likeness (QED) is 0.268. The van der Waals surface area contributed by atoms with Crippen LogP contribution in [0.5, 0.6) is 28.7 Å². The van der Waals surface area contributed by atoms with Crippen LogP contribution in [0.1, 0.15) is 89.5 Å². The number of ether oxygens (including phenoxy) is 2. The third-order valence-electron chi connectivity index (χ3n) is 8.72. The average Bonchev–Trinajstić information content (AvgIpc) is 3.16. The van der Waals surface area contributed by atoms with Crippen molar-refractivity contribution in [2.24, 2.45) is 0 Å². The summed E-state index contributed by atoms with van der Waals surface area (Å²) in [6.07, 6.45) is 10.6. The van der Waals surface area contributed by atoms with Gasteiger partial charge < -0.3 is 29.2 Å². The molecule has 0 saturated carbocycles. The lowest BCUT2D eigenvalue weighted by Crippen LogP contribution is -2.34. The molecule has 1 atom stereocenters. The van der Waals surface area contributed by atoms with Crippen LogP contribution in [0, 0.1) is 0 Å². The summed E-state index contributed by atoms with van der Waals surface area (Å²) in [7, 11) is 0. The van der Waals surface area contributed by atoms with Crippen LogP contribution >= 0.6 is 0 Å². The summed E-state index contributed by atoms with van der Waals surface area (Å²) in [6.45, 7) is 13.9. The second-order valence-electron chi connectivity index (χ2n) is 13.1. The van der Waals surface area contributed by atoms with Crippen LogP contribution in [0.4, 0.5) is 0 Å². The van der Waals surface area contributed by atoms with Gasteiger partial charge in [-0.25, -0.2) is 0 Å².